The second-order valence-electron chi connectivity index (χ2n) is 15.2. The Hall–Kier alpha value is -2.55. The van der Waals surface area contributed by atoms with Gasteiger partial charge in [-0.25, -0.2) is 4.99 Å². The van der Waals surface area contributed by atoms with Crippen molar-refractivity contribution in [2.45, 2.75) is 143 Å². The lowest BCUT2D eigenvalue weighted by atomic mass is 9.73. The molecule has 3 heterocycles. The van der Waals surface area contributed by atoms with E-state index in [0.29, 0.717) is 17.7 Å². The van der Waals surface area contributed by atoms with Crippen LogP contribution in [0.25, 0.3) is 0 Å². The number of hydrogen-bond acceptors (Lipinski definition) is 12. The van der Waals surface area contributed by atoms with Crippen molar-refractivity contribution < 1.29 is 52.7 Å². The summed E-state index contributed by atoms with van der Waals surface area (Å²) in [7, 11) is 3.76. The molecule has 0 saturated carbocycles. The molecular formula is C37H60N2O11. The number of rotatable bonds is 5. The Kier molecular flexibility index (Phi) is 14.1. The van der Waals surface area contributed by atoms with Crippen molar-refractivity contribution in [2.24, 2.45) is 28.7 Å². The maximum atomic E-state index is 14.3. The van der Waals surface area contributed by atoms with Crippen LogP contribution in [0.5, 0.6) is 0 Å². The second kappa shape index (κ2) is 16.9. The van der Waals surface area contributed by atoms with Gasteiger partial charge in [-0.3, -0.25) is 19.2 Å². The van der Waals surface area contributed by atoms with Crippen molar-refractivity contribution >= 4 is 29.3 Å². The third kappa shape index (κ3) is 9.46. The lowest BCUT2D eigenvalue weighted by molar-refractivity contribution is -0.299. The first-order chi connectivity index (χ1) is 23.1. The second-order valence-corrected chi connectivity index (χ2v) is 15.2. The number of cyclic esters (lactones) is 1. The van der Waals surface area contributed by atoms with Gasteiger partial charge in [0.05, 0.1) is 43.2 Å². The van der Waals surface area contributed by atoms with E-state index < -0.39 is 89.2 Å². The summed E-state index contributed by atoms with van der Waals surface area (Å²) in [6, 6.07) is -0.269. The standard InChI is InChI=1S/C37H60N2O11/c1-14-28-37(11,44)33-22(5)29(38-25(8)40)20(3)16-36(10,46-18-19(2)17-45-33)32(23(6)30(42)24(7)34(43)49-28)50-35-31(48-26(9)41)27(39(12)13)15-21(4)47-35/h20-24,27-28,31-33,35,44H,2,14-18H2,1,3-13H3/t20-,21-,22+,23+,24-,27+,28-,31-,32-,33-,35+,36-,37-/m1/s1. The number of aliphatic hydroxyl groups is 1. The van der Waals surface area contributed by atoms with Crippen LogP contribution in [0.4, 0.5) is 0 Å². The van der Waals surface area contributed by atoms with Crippen molar-refractivity contribution in [1.82, 2.24) is 4.90 Å². The number of aliphatic imine (C=N–C) groups is 1. The van der Waals surface area contributed by atoms with Crippen molar-refractivity contribution in [2.75, 3.05) is 27.3 Å². The van der Waals surface area contributed by atoms with E-state index in [-0.39, 0.29) is 38.2 Å². The SMILES string of the molecule is C=C1CO[C@@H]2[C@@H](C)C(=NC(C)=O)[C@H](C)C[C@@](C)(OC1)[C@H](O[C@@H]1O[C@H](C)C[C@H](N(C)C)[C@H]1OC(C)=O)[C@@H](C)C(=O)[C@@H](C)C(=O)O[C@H](CC)[C@@]2(C)O. The zero-order valence-electron chi connectivity index (χ0n) is 32.0. The Morgan fingerprint density at radius 1 is 1.06 bits per heavy atom. The zero-order chi connectivity index (χ0) is 37.9. The minimum Gasteiger partial charge on any atom is -0.459 e. The maximum Gasteiger partial charge on any atom is 0.316 e. The molecule has 1 amide bonds. The van der Waals surface area contributed by atoms with E-state index in [1.807, 2.05) is 46.7 Å². The van der Waals surface area contributed by atoms with Crippen molar-refractivity contribution in [3.8, 4) is 0 Å². The van der Waals surface area contributed by atoms with Gasteiger partial charge in [-0.15, -0.1) is 0 Å². The molecule has 3 saturated heterocycles. The van der Waals surface area contributed by atoms with Gasteiger partial charge in [-0.2, -0.15) is 0 Å². The molecule has 13 nitrogen and oxygen atoms in total. The molecule has 0 aromatic heterocycles. The van der Waals surface area contributed by atoms with Crippen LogP contribution in [0, 0.1) is 23.7 Å². The number of esters is 2. The molecule has 3 aliphatic heterocycles. The molecule has 3 rings (SSSR count). The fourth-order valence-corrected chi connectivity index (χ4v) is 7.90. The number of fused-ring (bicyclic) bond motifs is 5. The highest BCUT2D eigenvalue weighted by molar-refractivity contribution is 6.00. The van der Waals surface area contributed by atoms with Crippen LogP contribution in [0.1, 0.15) is 88.5 Å². The van der Waals surface area contributed by atoms with Crippen molar-refractivity contribution in [3.05, 3.63) is 12.2 Å². The predicted octanol–water partition coefficient (Wildman–Crippen LogP) is 3.68. The molecule has 2 bridgehead atoms. The molecule has 0 aliphatic carbocycles. The van der Waals surface area contributed by atoms with Gasteiger partial charge < -0.3 is 38.4 Å². The van der Waals surface area contributed by atoms with Crippen LogP contribution < -0.4 is 0 Å². The minimum absolute atomic E-state index is 0.00420. The quantitative estimate of drug-likeness (QED) is 0.251. The molecule has 13 heteroatoms. The van der Waals surface area contributed by atoms with Gasteiger partial charge >= 0.3 is 11.9 Å². The molecule has 0 spiro atoms. The van der Waals surface area contributed by atoms with E-state index >= 15 is 0 Å². The largest absolute Gasteiger partial charge is 0.459 e. The molecule has 0 aromatic rings. The zero-order valence-corrected chi connectivity index (χ0v) is 32.0. The maximum absolute atomic E-state index is 14.3. The number of likely N-dealkylation sites (N-methyl/N-ethyl adjacent to an activating group) is 1. The van der Waals surface area contributed by atoms with E-state index in [1.54, 1.807) is 13.8 Å². The molecule has 1 N–H and O–H groups in total. The summed E-state index contributed by atoms with van der Waals surface area (Å²) >= 11 is 0. The van der Waals surface area contributed by atoms with Crippen LogP contribution in [0.15, 0.2) is 17.1 Å². The Morgan fingerprint density at radius 2 is 1.70 bits per heavy atom. The van der Waals surface area contributed by atoms with Crippen LogP contribution in [-0.2, 0) is 47.6 Å². The summed E-state index contributed by atoms with van der Waals surface area (Å²) in [5.74, 6) is -5.55. The topological polar surface area (TPSA) is 159 Å². The monoisotopic (exact) mass is 708 g/mol. The number of hydrogen-bond donors (Lipinski definition) is 1. The molecule has 0 aromatic carbocycles. The number of carbonyl (C=O) groups excluding carboxylic acids is 4. The average molecular weight is 709 g/mol. The van der Waals surface area contributed by atoms with Gasteiger partial charge in [0, 0.05) is 31.4 Å². The molecule has 3 fully saturated rings. The predicted molar refractivity (Wildman–Crippen MR) is 185 cm³/mol. The summed E-state index contributed by atoms with van der Waals surface area (Å²) in [5, 5.41) is 12.1. The van der Waals surface area contributed by atoms with Gasteiger partial charge in [0.25, 0.3) is 0 Å². The number of carbonyl (C=O) groups is 4. The number of Topliss-reactive ketones (excluding diaryl/α,β-unsaturated/α-hetero) is 1. The molecule has 0 unspecified atom stereocenters. The Balaban J connectivity index is 2.32. The molecule has 0 radical (unpaired) electrons. The van der Waals surface area contributed by atoms with E-state index in [0.717, 1.165) is 0 Å². The third-order valence-electron chi connectivity index (χ3n) is 10.5. The van der Waals surface area contributed by atoms with Gasteiger partial charge in [-0.05, 0) is 72.5 Å². The van der Waals surface area contributed by atoms with Gasteiger partial charge in [0.15, 0.2) is 18.2 Å². The smallest absolute Gasteiger partial charge is 0.316 e. The highest BCUT2D eigenvalue weighted by Crippen LogP contribution is 2.40. The third-order valence-corrected chi connectivity index (χ3v) is 10.5. The average Bonchev–Trinajstić information content (AvgIpc) is 3.03. The molecule has 3 aliphatic rings. The summed E-state index contributed by atoms with van der Waals surface area (Å²) in [6.45, 7) is 20.7. The first-order valence-corrected chi connectivity index (χ1v) is 17.8. The Bertz CT molecular complexity index is 1300. The van der Waals surface area contributed by atoms with E-state index in [2.05, 4.69) is 11.6 Å². The first-order valence-electron chi connectivity index (χ1n) is 17.8. The number of amides is 1. The van der Waals surface area contributed by atoms with Gasteiger partial charge in [0.1, 0.15) is 17.6 Å². The van der Waals surface area contributed by atoms with Crippen LogP contribution >= 0.6 is 0 Å². The number of ketones is 1. The molecule has 13 atom stereocenters. The van der Waals surface area contributed by atoms with Crippen LogP contribution in [0.2, 0.25) is 0 Å². The summed E-state index contributed by atoms with van der Waals surface area (Å²) in [4.78, 5) is 59.4. The Morgan fingerprint density at radius 3 is 2.26 bits per heavy atom. The van der Waals surface area contributed by atoms with Crippen molar-refractivity contribution in [3.63, 3.8) is 0 Å². The summed E-state index contributed by atoms with van der Waals surface area (Å²) in [5.41, 5.74) is -2.06. The van der Waals surface area contributed by atoms with Gasteiger partial charge in [-0.1, -0.05) is 34.3 Å². The number of ether oxygens (including phenoxy) is 6. The summed E-state index contributed by atoms with van der Waals surface area (Å²) < 4.78 is 38.0. The van der Waals surface area contributed by atoms with E-state index in [4.69, 9.17) is 28.4 Å². The van der Waals surface area contributed by atoms with Crippen molar-refractivity contribution in [1.29, 1.82) is 0 Å². The summed E-state index contributed by atoms with van der Waals surface area (Å²) in [6.07, 6.45) is -4.42. The van der Waals surface area contributed by atoms with E-state index in [1.165, 1.54) is 27.7 Å². The Labute approximate surface area is 297 Å². The fraction of sp³-hybridized carbons (Fsp3) is 0.811. The lowest BCUT2D eigenvalue weighted by Gasteiger charge is -2.48. The highest BCUT2D eigenvalue weighted by Gasteiger charge is 2.53. The molecular weight excluding hydrogens is 648 g/mol. The van der Waals surface area contributed by atoms with E-state index in [9.17, 15) is 24.3 Å². The molecule has 50 heavy (non-hydrogen) atoms. The highest BCUT2D eigenvalue weighted by atomic mass is 16.7. The van der Waals surface area contributed by atoms with Crippen LogP contribution in [0.3, 0.4) is 0 Å². The normalized spacial score (nSPS) is 41.9. The minimum atomic E-state index is -1.76. The first kappa shape index (κ1) is 41.9. The number of nitrogens with zero attached hydrogens (tertiary/aromatic N) is 2. The molecule has 284 valence electrons. The van der Waals surface area contributed by atoms with Gasteiger partial charge in [0.2, 0.25) is 5.91 Å². The van der Waals surface area contributed by atoms with Crippen LogP contribution in [-0.4, -0.2) is 121 Å². The fourth-order valence-electron chi connectivity index (χ4n) is 7.90. The lowest BCUT2D eigenvalue weighted by Crippen LogP contribution is -2.60.